The molecule has 3 aromatic rings. The molecular formula is C20H16F4N4O4. The maximum Gasteiger partial charge on any atom is 0.294 e. The second-order valence-corrected chi connectivity index (χ2v) is 6.99. The van der Waals surface area contributed by atoms with E-state index < -0.39 is 42.6 Å². The third-order valence-electron chi connectivity index (χ3n) is 4.79. The summed E-state index contributed by atoms with van der Waals surface area (Å²) >= 11 is 0. The van der Waals surface area contributed by atoms with Crippen LogP contribution < -0.4 is 10.1 Å². The molecule has 1 unspecified atom stereocenters. The van der Waals surface area contributed by atoms with E-state index in [-0.39, 0.29) is 40.7 Å². The molecule has 0 bridgehead atoms. The number of methoxy groups -OCH3 is 1. The normalized spacial score (nSPS) is 17.7. The molecule has 1 saturated heterocycles. The maximum atomic E-state index is 14.5. The van der Waals surface area contributed by atoms with Crippen LogP contribution in [-0.2, 0) is 4.74 Å². The number of alkyl halides is 2. The monoisotopic (exact) mass is 452 g/mol. The molecule has 2 aromatic heterocycles. The van der Waals surface area contributed by atoms with Gasteiger partial charge < -0.3 is 19.3 Å². The summed E-state index contributed by atoms with van der Waals surface area (Å²) in [5, 5.41) is 6.01. The number of halogens is 4. The van der Waals surface area contributed by atoms with Gasteiger partial charge in [-0.05, 0) is 29.8 Å². The van der Waals surface area contributed by atoms with Crippen molar-refractivity contribution in [1.29, 1.82) is 0 Å². The van der Waals surface area contributed by atoms with E-state index in [9.17, 15) is 22.4 Å². The molecule has 32 heavy (non-hydrogen) atoms. The van der Waals surface area contributed by atoms with Crippen molar-refractivity contribution in [2.75, 3.05) is 19.0 Å². The number of carbonyl (C=O) groups is 1. The number of anilines is 1. The van der Waals surface area contributed by atoms with Gasteiger partial charge in [-0.15, -0.1) is 0 Å². The first-order chi connectivity index (χ1) is 15.3. The molecular weight excluding hydrogens is 436 g/mol. The highest BCUT2D eigenvalue weighted by molar-refractivity contribution is 6.04. The summed E-state index contributed by atoms with van der Waals surface area (Å²) in [6.45, 7) is -0.849. The zero-order valence-electron chi connectivity index (χ0n) is 16.6. The zero-order valence-corrected chi connectivity index (χ0v) is 16.6. The lowest BCUT2D eigenvalue weighted by atomic mass is 10.00. The minimum Gasteiger partial charge on any atom is -0.479 e. The second kappa shape index (κ2) is 8.54. The lowest BCUT2D eigenvalue weighted by Gasteiger charge is -2.29. The number of carbonyl (C=O) groups excluding carboxylic acids is 1. The molecule has 0 aliphatic carbocycles. The summed E-state index contributed by atoms with van der Waals surface area (Å²) < 4.78 is 70.5. The summed E-state index contributed by atoms with van der Waals surface area (Å²) in [7, 11) is 1.32. The third kappa shape index (κ3) is 4.40. The number of aromatic nitrogens is 3. The quantitative estimate of drug-likeness (QED) is 0.581. The summed E-state index contributed by atoms with van der Waals surface area (Å²) in [5.41, 5.74) is -0.519. The zero-order chi connectivity index (χ0) is 22.9. The van der Waals surface area contributed by atoms with Gasteiger partial charge in [0.2, 0.25) is 5.76 Å². The fraction of sp³-hybridized carbons (Fsp3) is 0.300. The molecule has 12 heteroatoms. The van der Waals surface area contributed by atoms with Gasteiger partial charge in [0.15, 0.2) is 0 Å². The van der Waals surface area contributed by atoms with Gasteiger partial charge in [-0.2, -0.15) is 0 Å². The van der Waals surface area contributed by atoms with Crippen LogP contribution in [0.1, 0.15) is 35.2 Å². The highest BCUT2D eigenvalue weighted by atomic mass is 19.3. The largest absolute Gasteiger partial charge is 0.479 e. The fourth-order valence-corrected chi connectivity index (χ4v) is 3.22. The first-order valence-electron chi connectivity index (χ1n) is 9.39. The molecule has 0 spiro atoms. The molecule has 1 atom stereocenters. The Labute approximate surface area is 178 Å². The molecule has 1 aliphatic rings. The summed E-state index contributed by atoms with van der Waals surface area (Å²) in [5.74, 6) is -5.60. The number of amides is 1. The van der Waals surface area contributed by atoms with Crippen molar-refractivity contribution < 1.29 is 36.4 Å². The van der Waals surface area contributed by atoms with E-state index in [1.807, 2.05) is 0 Å². The van der Waals surface area contributed by atoms with E-state index in [4.69, 9.17) is 14.0 Å². The number of rotatable bonds is 5. The SMILES string of the molecule is COc1cc(C(=O)Nc2c(-c3cc(F)ccc3F)ncnc2C2CCC(F)(F)CO2)on1. The van der Waals surface area contributed by atoms with Gasteiger partial charge in [-0.3, -0.25) is 4.79 Å². The van der Waals surface area contributed by atoms with E-state index in [0.29, 0.717) is 0 Å². The lowest BCUT2D eigenvalue weighted by Crippen LogP contribution is -2.31. The Kier molecular flexibility index (Phi) is 5.78. The standard InChI is InChI=1S/C20H16F4N4O4/c1-30-15-7-14(32-28-15)19(29)27-18-16(11-6-10(21)2-3-12(11)22)25-9-26-17(18)13-4-5-20(23,24)8-31-13/h2-3,6-7,9,13H,4-5,8H2,1H3,(H,27,29). The van der Waals surface area contributed by atoms with Gasteiger partial charge in [0, 0.05) is 12.0 Å². The van der Waals surface area contributed by atoms with Crippen LogP contribution in [0, 0.1) is 11.6 Å². The van der Waals surface area contributed by atoms with Crippen LogP contribution in [0.25, 0.3) is 11.3 Å². The summed E-state index contributed by atoms with van der Waals surface area (Å²) in [6.07, 6.45) is -0.475. The van der Waals surface area contributed by atoms with Crippen LogP contribution in [0.4, 0.5) is 23.2 Å². The van der Waals surface area contributed by atoms with Crippen molar-refractivity contribution in [3.05, 3.63) is 53.7 Å². The van der Waals surface area contributed by atoms with Gasteiger partial charge in [0.05, 0.1) is 24.6 Å². The molecule has 4 rings (SSSR count). The van der Waals surface area contributed by atoms with Crippen molar-refractivity contribution in [2.45, 2.75) is 24.9 Å². The Morgan fingerprint density at radius 3 is 2.75 bits per heavy atom. The summed E-state index contributed by atoms with van der Waals surface area (Å²) in [4.78, 5) is 20.8. The number of hydrogen-bond donors (Lipinski definition) is 1. The van der Waals surface area contributed by atoms with Crippen LogP contribution in [-0.4, -0.2) is 40.7 Å². The van der Waals surface area contributed by atoms with Gasteiger partial charge >= 0.3 is 0 Å². The number of ether oxygens (including phenoxy) is 2. The Morgan fingerprint density at radius 2 is 2.06 bits per heavy atom. The molecule has 1 aromatic carbocycles. The molecule has 1 aliphatic heterocycles. The Morgan fingerprint density at radius 1 is 1.25 bits per heavy atom. The molecule has 1 fully saturated rings. The van der Waals surface area contributed by atoms with Gasteiger partial charge in [-0.25, -0.2) is 27.5 Å². The van der Waals surface area contributed by atoms with E-state index >= 15 is 0 Å². The number of benzene rings is 1. The van der Waals surface area contributed by atoms with Gasteiger partial charge in [-0.1, -0.05) is 0 Å². The van der Waals surface area contributed by atoms with Crippen LogP contribution in [0.15, 0.2) is 35.1 Å². The third-order valence-corrected chi connectivity index (χ3v) is 4.79. The Hall–Kier alpha value is -3.54. The first-order valence-corrected chi connectivity index (χ1v) is 9.39. The molecule has 0 radical (unpaired) electrons. The van der Waals surface area contributed by atoms with Gasteiger partial charge in [0.1, 0.15) is 36.4 Å². The van der Waals surface area contributed by atoms with Crippen molar-refractivity contribution >= 4 is 11.6 Å². The number of hydrogen-bond acceptors (Lipinski definition) is 7. The van der Waals surface area contributed by atoms with Crippen molar-refractivity contribution in [3.63, 3.8) is 0 Å². The average Bonchev–Trinajstić information content (AvgIpc) is 3.25. The first kappa shape index (κ1) is 21.7. The van der Waals surface area contributed by atoms with Crippen molar-refractivity contribution in [3.8, 4) is 17.1 Å². The highest BCUT2D eigenvalue weighted by Gasteiger charge is 2.38. The number of nitrogens with zero attached hydrogens (tertiary/aromatic N) is 3. The van der Waals surface area contributed by atoms with Crippen molar-refractivity contribution in [1.82, 2.24) is 15.1 Å². The molecule has 3 heterocycles. The second-order valence-electron chi connectivity index (χ2n) is 6.99. The molecule has 8 nitrogen and oxygen atoms in total. The Bertz CT molecular complexity index is 1140. The van der Waals surface area contributed by atoms with E-state index in [1.165, 1.54) is 13.2 Å². The molecule has 0 saturated carbocycles. The lowest BCUT2D eigenvalue weighted by molar-refractivity contribution is -0.146. The minimum absolute atomic E-state index is 0.0360. The molecule has 1 N–H and O–H groups in total. The predicted molar refractivity (Wildman–Crippen MR) is 101 cm³/mol. The maximum absolute atomic E-state index is 14.5. The fourth-order valence-electron chi connectivity index (χ4n) is 3.22. The van der Waals surface area contributed by atoms with Crippen LogP contribution in [0.5, 0.6) is 5.88 Å². The molecule has 168 valence electrons. The Balaban J connectivity index is 1.78. The molecule has 1 amide bonds. The van der Waals surface area contributed by atoms with E-state index in [2.05, 4.69) is 20.4 Å². The van der Waals surface area contributed by atoms with Crippen molar-refractivity contribution in [2.24, 2.45) is 0 Å². The highest BCUT2D eigenvalue weighted by Crippen LogP contribution is 2.40. The topological polar surface area (TPSA) is 99.4 Å². The van der Waals surface area contributed by atoms with Crippen LogP contribution in [0.2, 0.25) is 0 Å². The average molecular weight is 452 g/mol. The smallest absolute Gasteiger partial charge is 0.294 e. The minimum atomic E-state index is -3.00. The van der Waals surface area contributed by atoms with Crippen LogP contribution in [0.3, 0.4) is 0 Å². The van der Waals surface area contributed by atoms with E-state index in [1.54, 1.807) is 0 Å². The van der Waals surface area contributed by atoms with E-state index in [0.717, 1.165) is 24.5 Å². The summed E-state index contributed by atoms with van der Waals surface area (Å²) in [6, 6.07) is 3.92. The number of nitrogens with one attached hydrogen (secondary N) is 1. The predicted octanol–water partition coefficient (Wildman–Crippen LogP) is 4.16. The van der Waals surface area contributed by atoms with Crippen LogP contribution >= 0.6 is 0 Å². The van der Waals surface area contributed by atoms with Gasteiger partial charge in [0.25, 0.3) is 17.7 Å².